The van der Waals surface area contributed by atoms with Crippen LogP contribution in [0.4, 0.5) is 0 Å². The highest BCUT2D eigenvalue weighted by molar-refractivity contribution is 5.69. The molecule has 0 unspecified atom stereocenters. The van der Waals surface area contributed by atoms with Gasteiger partial charge in [-0.2, -0.15) is 0 Å². The highest BCUT2D eigenvalue weighted by atomic mass is 16.5. The topological polar surface area (TPSA) is 139 Å². The van der Waals surface area contributed by atoms with Gasteiger partial charge in [0.25, 0.3) is 0 Å². The molecule has 0 aliphatic heterocycles. The molecule has 0 radical (unpaired) electrons. The number of nitrogens with one attached hydrogen (secondary N) is 5. The summed E-state index contributed by atoms with van der Waals surface area (Å²) in [5.41, 5.74) is 5.13. The molecule has 0 amide bonds. The Morgan fingerprint density at radius 1 is 0.679 bits per heavy atom. The number of rotatable bonds is 21. The van der Waals surface area contributed by atoms with Crippen molar-refractivity contribution >= 4 is 11.9 Å². The van der Waals surface area contributed by atoms with E-state index < -0.39 is 0 Å². The van der Waals surface area contributed by atoms with Crippen LogP contribution in [0, 0.1) is 0 Å². The van der Waals surface area contributed by atoms with E-state index in [1.54, 1.807) is 7.05 Å². The maximum Gasteiger partial charge on any atom is 0.307 e. The van der Waals surface area contributed by atoms with Crippen molar-refractivity contribution in [2.75, 3.05) is 72.9 Å². The second-order valence-electron chi connectivity index (χ2n) is 6.26. The lowest BCUT2D eigenvalue weighted by Gasteiger charge is -2.09. The molecule has 0 saturated carbocycles. The highest BCUT2D eigenvalue weighted by Gasteiger charge is 2.01. The SMILES string of the molecule is CNCOC(=O)CCCNCCNCCNCCNCCCCC(=O)OCN. The summed E-state index contributed by atoms with van der Waals surface area (Å²) in [4.78, 5) is 22.3. The molecule has 0 atom stereocenters. The van der Waals surface area contributed by atoms with Crippen molar-refractivity contribution in [3.05, 3.63) is 0 Å². The molecule has 10 nitrogen and oxygen atoms in total. The van der Waals surface area contributed by atoms with Crippen LogP contribution in [-0.4, -0.2) is 84.8 Å². The summed E-state index contributed by atoms with van der Waals surface area (Å²) in [6.45, 7) is 7.39. The average Bonchev–Trinajstić information content (AvgIpc) is 2.68. The minimum atomic E-state index is -0.225. The van der Waals surface area contributed by atoms with Crippen molar-refractivity contribution in [3.8, 4) is 0 Å². The third kappa shape index (κ3) is 21.0. The molecule has 0 aliphatic carbocycles. The first-order chi connectivity index (χ1) is 13.7. The first-order valence-corrected chi connectivity index (χ1v) is 10.2. The number of ether oxygens (including phenoxy) is 2. The van der Waals surface area contributed by atoms with Crippen molar-refractivity contribution in [2.24, 2.45) is 5.73 Å². The molecular weight excluding hydrogens is 364 g/mol. The summed E-state index contributed by atoms with van der Waals surface area (Å²) in [5, 5.41) is 16.1. The van der Waals surface area contributed by atoms with Gasteiger partial charge in [0.2, 0.25) is 0 Å². The Bertz CT molecular complexity index is 374. The van der Waals surface area contributed by atoms with Crippen LogP contribution in [-0.2, 0) is 19.1 Å². The fraction of sp³-hybridized carbons (Fsp3) is 0.889. The predicted octanol–water partition coefficient (Wildman–Crippen LogP) is -1.53. The molecule has 0 aromatic rings. The normalized spacial score (nSPS) is 10.8. The zero-order valence-electron chi connectivity index (χ0n) is 17.3. The van der Waals surface area contributed by atoms with Crippen molar-refractivity contribution in [1.29, 1.82) is 0 Å². The second kappa shape index (κ2) is 22.0. The highest BCUT2D eigenvalue weighted by Crippen LogP contribution is 1.95. The van der Waals surface area contributed by atoms with E-state index in [0.29, 0.717) is 12.8 Å². The molecule has 0 aromatic heterocycles. The van der Waals surface area contributed by atoms with E-state index in [4.69, 9.17) is 10.5 Å². The molecule has 10 heteroatoms. The average molecular weight is 405 g/mol. The van der Waals surface area contributed by atoms with Crippen molar-refractivity contribution < 1.29 is 19.1 Å². The number of unbranched alkanes of at least 4 members (excludes halogenated alkanes) is 1. The van der Waals surface area contributed by atoms with E-state index in [2.05, 4.69) is 31.3 Å². The van der Waals surface area contributed by atoms with Gasteiger partial charge in [0, 0.05) is 52.1 Å². The molecular formula is C18H40N6O4. The van der Waals surface area contributed by atoms with Gasteiger partial charge in [0.05, 0.1) is 0 Å². The van der Waals surface area contributed by atoms with Gasteiger partial charge in [-0.3, -0.25) is 20.6 Å². The summed E-state index contributed by atoms with van der Waals surface area (Å²) in [6, 6.07) is 0. The van der Waals surface area contributed by atoms with Gasteiger partial charge in [-0.1, -0.05) is 0 Å². The molecule has 166 valence electrons. The van der Waals surface area contributed by atoms with Gasteiger partial charge in [0.1, 0.15) is 13.5 Å². The van der Waals surface area contributed by atoms with E-state index in [0.717, 1.165) is 71.6 Å². The second-order valence-corrected chi connectivity index (χ2v) is 6.26. The van der Waals surface area contributed by atoms with Crippen LogP contribution >= 0.6 is 0 Å². The summed E-state index contributed by atoms with van der Waals surface area (Å²) in [6.07, 6.45) is 3.43. The fourth-order valence-corrected chi connectivity index (χ4v) is 2.30. The lowest BCUT2D eigenvalue weighted by atomic mass is 10.2. The van der Waals surface area contributed by atoms with Gasteiger partial charge >= 0.3 is 11.9 Å². The van der Waals surface area contributed by atoms with Gasteiger partial charge in [0.15, 0.2) is 0 Å². The van der Waals surface area contributed by atoms with Gasteiger partial charge < -0.3 is 30.7 Å². The first-order valence-electron chi connectivity index (χ1n) is 10.2. The summed E-state index contributed by atoms with van der Waals surface area (Å²) in [7, 11) is 1.74. The minimum Gasteiger partial charge on any atom is -0.450 e. The Balaban J connectivity index is 3.10. The van der Waals surface area contributed by atoms with Gasteiger partial charge in [-0.25, -0.2) is 0 Å². The van der Waals surface area contributed by atoms with Crippen LogP contribution in [0.5, 0.6) is 0 Å². The fourth-order valence-electron chi connectivity index (χ4n) is 2.30. The molecule has 0 aromatic carbocycles. The van der Waals surface area contributed by atoms with Gasteiger partial charge in [-0.15, -0.1) is 0 Å². The quantitative estimate of drug-likeness (QED) is 0.0759. The van der Waals surface area contributed by atoms with Crippen molar-refractivity contribution in [3.63, 3.8) is 0 Å². The minimum absolute atomic E-state index is 0.0381. The van der Waals surface area contributed by atoms with Crippen molar-refractivity contribution in [2.45, 2.75) is 32.1 Å². The van der Waals surface area contributed by atoms with E-state index in [1.807, 2.05) is 0 Å². The van der Waals surface area contributed by atoms with Gasteiger partial charge in [-0.05, 0) is 39.4 Å². The molecule has 0 spiro atoms. The molecule has 0 heterocycles. The molecule has 0 saturated heterocycles. The number of carbonyl (C=O) groups is 2. The Labute approximate surface area is 169 Å². The smallest absolute Gasteiger partial charge is 0.307 e. The zero-order chi connectivity index (χ0) is 20.7. The molecule has 7 N–H and O–H groups in total. The van der Waals surface area contributed by atoms with Crippen LogP contribution in [0.3, 0.4) is 0 Å². The standard InChI is InChI=1S/C18H40N6O4/c1-20-16-28-18(26)6-4-8-22-10-12-24-14-13-23-11-9-21-7-3-2-5-17(25)27-15-19/h20-24H,2-16,19H2,1H3. The monoisotopic (exact) mass is 404 g/mol. The predicted molar refractivity (Wildman–Crippen MR) is 110 cm³/mol. The maximum absolute atomic E-state index is 11.3. The van der Waals surface area contributed by atoms with E-state index in [-0.39, 0.29) is 25.4 Å². The Morgan fingerprint density at radius 3 is 1.68 bits per heavy atom. The molecule has 0 rings (SSSR count). The maximum atomic E-state index is 11.3. The zero-order valence-corrected chi connectivity index (χ0v) is 17.3. The summed E-state index contributed by atoms with van der Waals surface area (Å²) >= 11 is 0. The van der Waals surface area contributed by atoms with E-state index in [1.165, 1.54) is 0 Å². The van der Waals surface area contributed by atoms with Crippen LogP contribution in [0.25, 0.3) is 0 Å². The largest absolute Gasteiger partial charge is 0.450 e. The Kier molecular flexibility index (Phi) is 21.0. The Hall–Kier alpha value is -1.30. The number of nitrogens with two attached hydrogens (primary N) is 1. The first kappa shape index (κ1) is 26.7. The summed E-state index contributed by atoms with van der Waals surface area (Å²) in [5.74, 6) is -0.390. The van der Waals surface area contributed by atoms with Crippen LogP contribution in [0.2, 0.25) is 0 Å². The van der Waals surface area contributed by atoms with Crippen LogP contribution in [0.1, 0.15) is 32.1 Å². The summed E-state index contributed by atoms with van der Waals surface area (Å²) < 4.78 is 9.58. The third-order valence-electron chi connectivity index (χ3n) is 3.78. The van der Waals surface area contributed by atoms with E-state index in [9.17, 15) is 9.59 Å². The lowest BCUT2D eigenvalue weighted by molar-refractivity contribution is -0.144. The van der Waals surface area contributed by atoms with Crippen LogP contribution < -0.4 is 32.3 Å². The molecule has 0 fully saturated rings. The lowest BCUT2D eigenvalue weighted by Crippen LogP contribution is -2.35. The van der Waals surface area contributed by atoms with Crippen LogP contribution in [0.15, 0.2) is 0 Å². The van der Waals surface area contributed by atoms with Crippen molar-refractivity contribution in [1.82, 2.24) is 26.6 Å². The number of esters is 2. The van der Waals surface area contributed by atoms with E-state index >= 15 is 0 Å². The molecule has 0 aliphatic rings. The Morgan fingerprint density at radius 2 is 1.14 bits per heavy atom. The third-order valence-corrected chi connectivity index (χ3v) is 3.78. The number of hydrogen-bond donors (Lipinski definition) is 6. The number of carbonyl (C=O) groups excluding carboxylic acids is 2. The molecule has 28 heavy (non-hydrogen) atoms. The molecule has 0 bridgehead atoms. The number of hydrogen-bond acceptors (Lipinski definition) is 10.